The molecule has 2 unspecified atom stereocenters. The maximum atomic E-state index is 14.2. The summed E-state index contributed by atoms with van der Waals surface area (Å²) in [5, 5.41) is 25.2. The zero-order valence-corrected chi connectivity index (χ0v) is 16.7. The maximum Gasteiger partial charge on any atom is 0.162 e. The quantitative estimate of drug-likeness (QED) is 0.473. The molecule has 0 bridgehead atoms. The number of aliphatic hydroxyl groups excluding tert-OH is 2. The Labute approximate surface area is 177 Å². The minimum absolute atomic E-state index is 0.345. The van der Waals surface area contributed by atoms with Crippen molar-refractivity contribution in [1.29, 1.82) is 0 Å². The number of rotatable bonds is 4. The van der Waals surface area contributed by atoms with Crippen LogP contribution in [-0.4, -0.2) is 43.5 Å². The topological polar surface area (TPSA) is 109 Å². The van der Waals surface area contributed by atoms with Gasteiger partial charge in [-0.2, -0.15) is 0 Å². The number of hydrogen-bond donors (Lipinski definition) is 4. The van der Waals surface area contributed by atoms with E-state index < -0.39 is 29.9 Å². The average molecular weight is 427 g/mol. The van der Waals surface area contributed by atoms with E-state index in [-0.39, 0.29) is 0 Å². The van der Waals surface area contributed by atoms with Crippen LogP contribution in [0.3, 0.4) is 0 Å². The van der Waals surface area contributed by atoms with Crippen LogP contribution in [0.15, 0.2) is 36.3 Å². The normalized spacial score (nSPS) is 23.2. The summed E-state index contributed by atoms with van der Waals surface area (Å²) in [4.78, 5) is 8.23. The molecule has 3 aromatic rings. The number of aryl methyl sites for hydroxylation is 1. The summed E-state index contributed by atoms with van der Waals surface area (Å²) in [5.74, 6) is -1.26. The third-order valence-corrected chi connectivity index (χ3v) is 6.36. The minimum atomic E-state index is -1.05. The molecule has 9 heteroatoms. The van der Waals surface area contributed by atoms with E-state index in [0.717, 1.165) is 11.1 Å². The highest BCUT2D eigenvalue weighted by Gasteiger charge is 2.36. The highest BCUT2D eigenvalue weighted by molar-refractivity contribution is 5.86. The van der Waals surface area contributed by atoms with Crippen LogP contribution in [0.4, 0.5) is 14.6 Å². The van der Waals surface area contributed by atoms with Crippen molar-refractivity contribution >= 4 is 16.9 Å². The molecular weight excluding hydrogens is 404 g/mol. The number of aliphatic hydroxyl groups is 2. The van der Waals surface area contributed by atoms with Gasteiger partial charge in [-0.25, -0.2) is 18.7 Å². The van der Waals surface area contributed by atoms with E-state index in [0.29, 0.717) is 60.3 Å². The van der Waals surface area contributed by atoms with Gasteiger partial charge in [-0.3, -0.25) is 0 Å². The van der Waals surface area contributed by atoms with Crippen LogP contribution < -0.4 is 11.1 Å². The first-order valence-corrected chi connectivity index (χ1v) is 10.3. The fraction of sp³-hybridized carbons (Fsp3) is 0.364. The molecule has 162 valence electrons. The Morgan fingerprint density at radius 1 is 1.19 bits per heavy atom. The van der Waals surface area contributed by atoms with Crippen LogP contribution in [0, 0.1) is 11.6 Å². The lowest BCUT2D eigenvalue weighted by Crippen LogP contribution is -2.29. The molecule has 1 aromatic carbocycles. The Morgan fingerprint density at radius 3 is 2.87 bits per heavy atom. The minimum Gasteiger partial charge on any atom is -0.388 e. The third kappa shape index (κ3) is 3.29. The summed E-state index contributed by atoms with van der Waals surface area (Å²) in [6.45, 7) is 1.11. The molecule has 5 rings (SSSR count). The van der Waals surface area contributed by atoms with E-state index in [1.54, 1.807) is 16.8 Å². The predicted octanol–water partition coefficient (Wildman–Crippen LogP) is 1.77. The van der Waals surface area contributed by atoms with Crippen molar-refractivity contribution in [1.82, 2.24) is 19.9 Å². The lowest BCUT2D eigenvalue weighted by Gasteiger charge is -2.22. The Balaban J connectivity index is 1.43. The third-order valence-electron chi connectivity index (χ3n) is 6.36. The molecule has 1 aliphatic carbocycles. The molecule has 0 fully saturated rings. The van der Waals surface area contributed by atoms with Gasteiger partial charge in [0.25, 0.3) is 0 Å². The average Bonchev–Trinajstić information content (AvgIpc) is 3.32. The second-order valence-corrected chi connectivity index (χ2v) is 8.10. The summed E-state index contributed by atoms with van der Waals surface area (Å²) in [7, 11) is 0. The molecule has 1 aliphatic heterocycles. The first-order chi connectivity index (χ1) is 15.0. The van der Waals surface area contributed by atoms with E-state index in [1.165, 1.54) is 12.4 Å². The molecule has 0 spiro atoms. The molecule has 0 saturated carbocycles. The van der Waals surface area contributed by atoms with Gasteiger partial charge >= 0.3 is 0 Å². The zero-order chi connectivity index (χ0) is 21.7. The lowest BCUT2D eigenvalue weighted by molar-refractivity contribution is 0.0317. The number of nitrogens with two attached hydrogens (primary N) is 1. The van der Waals surface area contributed by atoms with Crippen molar-refractivity contribution in [2.45, 2.75) is 44.1 Å². The summed E-state index contributed by atoms with van der Waals surface area (Å²) in [5.41, 5.74) is 9.07. The molecule has 3 heterocycles. The SMILES string of the molecule is Nc1ncnc2c1ccn2C1C=C(CCc2cc(F)c(F)c3c2CNCC3)C(O)[C@@H]1O. The monoisotopic (exact) mass is 427 g/mol. The van der Waals surface area contributed by atoms with Crippen LogP contribution in [0.2, 0.25) is 0 Å². The van der Waals surface area contributed by atoms with Crippen molar-refractivity contribution in [3.05, 3.63) is 64.6 Å². The van der Waals surface area contributed by atoms with E-state index in [4.69, 9.17) is 5.73 Å². The Kier molecular flexibility index (Phi) is 4.96. The van der Waals surface area contributed by atoms with Gasteiger partial charge in [-0.15, -0.1) is 0 Å². The number of nitrogens with zero attached hydrogens (tertiary/aromatic N) is 3. The van der Waals surface area contributed by atoms with E-state index >= 15 is 0 Å². The smallest absolute Gasteiger partial charge is 0.162 e. The van der Waals surface area contributed by atoms with Gasteiger partial charge in [0.15, 0.2) is 11.6 Å². The number of anilines is 1. The van der Waals surface area contributed by atoms with Crippen LogP contribution in [-0.2, 0) is 19.4 Å². The van der Waals surface area contributed by atoms with Gasteiger partial charge in [0, 0.05) is 12.7 Å². The highest BCUT2D eigenvalue weighted by atomic mass is 19.2. The number of halogens is 2. The van der Waals surface area contributed by atoms with Gasteiger partial charge < -0.3 is 25.8 Å². The molecule has 0 amide bonds. The highest BCUT2D eigenvalue weighted by Crippen LogP contribution is 2.35. The molecular formula is C22H23F2N5O2. The summed E-state index contributed by atoms with van der Waals surface area (Å²) >= 11 is 0. The van der Waals surface area contributed by atoms with Crippen molar-refractivity contribution in [2.75, 3.05) is 12.3 Å². The van der Waals surface area contributed by atoms with E-state index in [9.17, 15) is 19.0 Å². The largest absolute Gasteiger partial charge is 0.388 e. The van der Waals surface area contributed by atoms with Crippen LogP contribution >= 0.6 is 0 Å². The van der Waals surface area contributed by atoms with E-state index in [1.807, 2.05) is 6.08 Å². The number of aromatic nitrogens is 3. The van der Waals surface area contributed by atoms with Gasteiger partial charge in [-0.1, -0.05) is 6.08 Å². The molecule has 31 heavy (non-hydrogen) atoms. The maximum absolute atomic E-state index is 14.2. The van der Waals surface area contributed by atoms with Gasteiger partial charge in [0.05, 0.1) is 11.4 Å². The summed E-state index contributed by atoms with van der Waals surface area (Å²) < 4.78 is 30.0. The number of benzene rings is 1. The molecule has 2 aromatic heterocycles. The van der Waals surface area contributed by atoms with Gasteiger partial charge in [-0.05, 0) is 60.2 Å². The number of nitrogen functional groups attached to an aromatic ring is 1. The van der Waals surface area contributed by atoms with Crippen molar-refractivity contribution in [2.24, 2.45) is 0 Å². The zero-order valence-electron chi connectivity index (χ0n) is 16.7. The van der Waals surface area contributed by atoms with Crippen molar-refractivity contribution in [3.8, 4) is 0 Å². The number of hydrogen-bond acceptors (Lipinski definition) is 6. The van der Waals surface area contributed by atoms with Crippen LogP contribution in [0.25, 0.3) is 11.0 Å². The molecule has 5 N–H and O–H groups in total. The first-order valence-electron chi connectivity index (χ1n) is 10.3. The second kappa shape index (κ2) is 7.67. The van der Waals surface area contributed by atoms with E-state index in [2.05, 4.69) is 15.3 Å². The Hall–Kier alpha value is -2.88. The molecule has 7 nitrogen and oxygen atoms in total. The first kappa shape index (κ1) is 20.0. The second-order valence-electron chi connectivity index (χ2n) is 8.10. The molecule has 2 aliphatic rings. The number of fused-ring (bicyclic) bond motifs is 2. The molecule has 3 atom stereocenters. The lowest BCUT2D eigenvalue weighted by atomic mass is 9.91. The van der Waals surface area contributed by atoms with Crippen molar-refractivity contribution < 1.29 is 19.0 Å². The van der Waals surface area contributed by atoms with Gasteiger partial charge in [0.2, 0.25) is 0 Å². The standard InChI is InChI=1S/C22H23F2N5O2/c23-16-7-11(15-9-26-5-3-13(15)18(16)24)1-2-12-8-17(20(31)19(12)30)29-6-4-14-21(25)27-10-28-22(14)29/h4,6-8,10,17,19-20,26,30-31H,1-3,5,9H2,(H2,25,27,28)/t17?,19?,20-/m1/s1. The fourth-order valence-electron chi connectivity index (χ4n) is 4.71. The molecule has 0 saturated heterocycles. The number of nitrogens with one attached hydrogen (secondary N) is 1. The summed E-state index contributed by atoms with van der Waals surface area (Å²) in [6.07, 6.45) is 4.13. The van der Waals surface area contributed by atoms with Crippen LogP contribution in [0.1, 0.15) is 29.2 Å². The van der Waals surface area contributed by atoms with Gasteiger partial charge in [0.1, 0.15) is 30.0 Å². The fourth-order valence-corrected chi connectivity index (χ4v) is 4.71. The van der Waals surface area contributed by atoms with Crippen LogP contribution in [0.5, 0.6) is 0 Å². The predicted molar refractivity (Wildman–Crippen MR) is 111 cm³/mol. The Morgan fingerprint density at radius 2 is 2.03 bits per heavy atom. The van der Waals surface area contributed by atoms with Crippen molar-refractivity contribution in [3.63, 3.8) is 0 Å². The Bertz CT molecular complexity index is 1190. The summed E-state index contributed by atoms with van der Waals surface area (Å²) in [6, 6.07) is 2.50. The molecule has 0 radical (unpaired) electrons.